The van der Waals surface area contributed by atoms with Crippen LogP contribution in [-0.2, 0) is 20.6 Å². The fourth-order valence-corrected chi connectivity index (χ4v) is 2.87. The summed E-state index contributed by atoms with van der Waals surface area (Å²) in [6.45, 7) is 11.4. The third-order valence-corrected chi connectivity index (χ3v) is 9.08. The van der Waals surface area contributed by atoms with Gasteiger partial charge in [0.15, 0.2) is 14.2 Å². The molecule has 0 aromatic heterocycles. The molecule has 0 radical (unpaired) electrons. The highest BCUT2D eigenvalue weighted by molar-refractivity contribution is 6.74. The smallest absolute Gasteiger partial charge is 0.327 e. The predicted molar refractivity (Wildman–Crippen MR) is 95.4 cm³/mol. The molecule has 0 amide bonds. The Labute approximate surface area is 145 Å². The van der Waals surface area contributed by atoms with Crippen molar-refractivity contribution in [3.8, 4) is 11.8 Å². The lowest BCUT2D eigenvalue weighted by Gasteiger charge is -2.36. The summed E-state index contributed by atoms with van der Waals surface area (Å²) in [4.78, 5) is 11.7. The van der Waals surface area contributed by atoms with Gasteiger partial charge in [-0.1, -0.05) is 32.9 Å². The average molecular weight is 350 g/mol. The van der Waals surface area contributed by atoms with Crippen molar-refractivity contribution >= 4 is 14.3 Å². The van der Waals surface area contributed by atoms with Gasteiger partial charge >= 0.3 is 5.97 Å². The molecule has 0 spiro atoms. The van der Waals surface area contributed by atoms with Crippen molar-refractivity contribution in [3.05, 3.63) is 29.3 Å². The molecule has 0 heterocycles. The molecule has 1 aromatic rings. The first kappa shape index (κ1) is 20.2. The number of nitriles is 1. The maximum absolute atomic E-state index is 11.7. The molecule has 1 rings (SSSR count). The van der Waals surface area contributed by atoms with Crippen molar-refractivity contribution in [1.29, 1.82) is 5.26 Å². The van der Waals surface area contributed by atoms with Crippen LogP contribution >= 0.6 is 0 Å². The van der Waals surface area contributed by atoms with Crippen LogP contribution in [0.3, 0.4) is 0 Å². The first-order valence-electron chi connectivity index (χ1n) is 7.85. The van der Waals surface area contributed by atoms with Crippen LogP contribution in [0.15, 0.2) is 18.2 Å². The van der Waals surface area contributed by atoms with Crippen LogP contribution < -0.4 is 4.74 Å². The van der Waals surface area contributed by atoms with Crippen molar-refractivity contribution in [2.24, 2.45) is 0 Å². The summed E-state index contributed by atoms with van der Waals surface area (Å²) in [5, 5.41) is 9.32. The monoisotopic (exact) mass is 349 g/mol. The van der Waals surface area contributed by atoms with Gasteiger partial charge in [-0.2, -0.15) is 5.26 Å². The van der Waals surface area contributed by atoms with E-state index < -0.39 is 20.2 Å². The van der Waals surface area contributed by atoms with Crippen molar-refractivity contribution < 1.29 is 18.7 Å². The second-order valence-electron chi connectivity index (χ2n) is 7.21. The van der Waals surface area contributed by atoms with E-state index in [4.69, 9.17) is 9.16 Å². The molecule has 6 heteroatoms. The Kier molecular flexibility index (Phi) is 6.58. The van der Waals surface area contributed by atoms with E-state index in [1.807, 2.05) is 12.1 Å². The highest BCUT2D eigenvalue weighted by Crippen LogP contribution is 2.37. The highest BCUT2D eigenvalue weighted by Gasteiger charge is 2.37. The van der Waals surface area contributed by atoms with Gasteiger partial charge in [-0.25, -0.2) is 0 Å². The van der Waals surface area contributed by atoms with E-state index >= 15 is 0 Å². The van der Waals surface area contributed by atoms with Gasteiger partial charge in [-0.15, -0.1) is 0 Å². The van der Waals surface area contributed by atoms with Crippen LogP contribution in [0.5, 0.6) is 5.75 Å². The number of hydrogen-bond donors (Lipinski definition) is 0. The van der Waals surface area contributed by atoms with E-state index in [1.165, 1.54) is 7.11 Å². The minimum Gasteiger partial charge on any atom is -0.496 e. The summed E-state index contributed by atoms with van der Waals surface area (Å²) < 4.78 is 16.3. The molecule has 5 nitrogen and oxygen atoms in total. The lowest BCUT2D eigenvalue weighted by molar-refractivity contribution is -0.140. The molecule has 0 fully saturated rings. The maximum atomic E-state index is 11.7. The Morgan fingerprint density at radius 2 is 1.92 bits per heavy atom. The Hall–Kier alpha value is -1.84. The fraction of sp³-hybridized carbons (Fsp3) is 0.556. The van der Waals surface area contributed by atoms with E-state index in [0.29, 0.717) is 17.9 Å². The average Bonchev–Trinajstić information content (AvgIpc) is 2.52. The Morgan fingerprint density at radius 3 is 2.38 bits per heavy atom. The van der Waals surface area contributed by atoms with Crippen LogP contribution in [-0.4, -0.2) is 28.5 Å². The molecule has 0 aliphatic carbocycles. The van der Waals surface area contributed by atoms with Gasteiger partial charge in [-0.3, -0.25) is 4.79 Å². The Morgan fingerprint density at radius 1 is 1.29 bits per heavy atom. The first-order chi connectivity index (χ1) is 11.1. The van der Waals surface area contributed by atoms with E-state index in [1.54, 1.807) is 19.2 Å². The number of benzene rings is 1. The topological polar surface area (TPSA) is 68.6 Å². The van der Waals surface area contributed by atoms with Crippen molar-refractivity contribution in [2.45, 2.75) is 51.4 Å². The molecule has 1 unspecified atom stereocenters. The van der Waals surface area contributed by atoms with Crippen LogP contribution in [0, 0.1) is 11.3 Å². The predicted octanol–water partition coefficient (Wildman–Crippen LogP) is 4.00. The summed E-state index contributed by atoms with van der Waals surface area (Å²) in [6, 6.07) is 7.25. The van der Waals surface area contributed by atoms with Crippen LogP contribution in [0.2, 0.25) is 18.1 Å². The Balaban J connectivity index is 3.04. The zero-order chi connectivity index (χ0) is 18.5. The lowest BCUT2D eigenvalue weighted by atomic mass is 9.99. The minimum atomic E-state index is -1.87. The van der Waals surface area contributed by atoms with Gasteiger partial charge < -0.3 is 13.9 Å². The number of esters is 1. The molecule has 1 aromatic carbocycles. The highest BCUT2D eigenvalue weighted by atomic mass is 28.4. The van der Waals surface area contributed by atoms with Crippen molar-refractivity contribution in [3.63, 3.8) is 0 Å². The molecular weight excluding hydrogens is 322 g/mol. The Bertz CT molecular complexity index is 629. The van der Waals surface area contributed by atoms with E-state index in [9.17, 15) is 10.1 Å². The standard InChI is InChI=1S/C18H27NO4Si/c1-18(2,3)24(6,7)23-12-14-9-8-13(10-16(14)21-4)15(11-19)17(20)22-5/h8-10,15H,12H2,1-7H3. The summed E-state index contributed by atoms with van der Waals surface area (Å²) in [7, 11) is 0.962. The summed E-state index contributed by atoms with van der Waals surface area (Å²) in [5.41, 5.74) is 1.45. The number of methoxy groups -OCH3 is 2. The third kappa shape index (κ3) is 4.59. The maximum Gasteiger partial charge on any atom is 0.327 e. The van der Waals surface area contributed by atoms with Crippen LogP contribution in [0.4, 0.5) is 0 Å². The van der Waals surface area contributed by atoms with Crippen molar-refractivity contribution in [2.75, 3.05) is 14.2 Å². The number of hydrogen-bond acceptors (Lipinski definition) is 5. The second-order valence-corrected chi connectivity index (χ2v) is 12.0. The van der Waals surface area contributed by atoms with Gasteiger partial charge in [0.1, 0.15) is 5.75 Å². The molecular formula is C18H27NO4Si. The largest absolute Gasteiger partial charge is 0.496 e. The molecule has 132 valence electrons. The van der Waals surface area contributed by atoms with Gasteiger partial charge in [-0.05, 0) is 29.8 Å². The van der Waals surface area contributed by atoms with Gasteiger partial charge in [0.25, 0.3) is 0 Å². The molecule has 0 saturated heterocycles. The SMILES string of the molecule is COC(=O)C(C#N)c1ccc(CO[Si](C)(C)C(C)(C)C)c(OC)c1. The number of nitrogens with zero attached hydrogens (tertiary/aromatic N) is 1. The normalized spacial score (nSPS) is 13.1. The molecule has 0 aliphatic heterocycles. The lowest BCUT2D eigenvalue weighted by Crippen LogP contribution is -2.40. The van der Waals surface area contributed by atoms with Crippen LogP contribution in [0.1, 0.15) is 37.8 Å². The van der Waals surface area contributed by atoms with E-state index in [-0.39, 0.29) is 5.04 Å². The minimum absolute atomic E-state index is 0.122. The third-order valence-electron chi connectivity index (χ3n) is 4.61. The number of ether oxygens (including phenoxy) is 2. The van der Waals surface area contributed by atoms with E-state index in [0.717, 1.165) is 5.56 Å². The molecule has 0 bridgehead atoms. The van der Waals surface area contributed by atoms with Gasteiger partial charge in [0, 0.05) is 5.56 Å². The number of rotatable bonds is 6. The number of carbonyl (C=O) groups is 1. The first-order valence-corrected chi connectivity index (χ1v) is 10.8. The molecule has 0 aliphatic rings. The zero-order valence-corrected chi connectivity index (χ0v) is 16.6. The van der Waals surface area contributed by atoms with Gasteiger partial charge in [0.05, 0.1) is 26.9 Å². The summed E-state index contributed by atoms with van der Waals surface area (Å²) in [6.07, 6.45) is 0. The van der Waals surface area contributed by atoms with Crippen LogP contribution in [0.25, 0.3) is 0 Å². The molecule has 24 heavy (non-hydrogen) atoms. The zero-order valence-electron chi connectivity index (χ0n) is 15.6. The molecule has 1 atom stereocenters. The quantitative estimate of drug-likeness (QED) is 0.573. The summed E-state index contributed by atoms with van der Waals surface area (Å²) >= 11 is 0. The van der Waals surface area contributed by atoms with E-state index in [2.05, 4.69) is 38.6 Å². The molecule has 0 N–H and O–H groups in total. The second kappa shape index (κ2) is 7.82. The molecule has 0 saturated carbocycles. The summed E-state index contributed by atoms with van der Waals surface area (Å²) in [5.74, 6) is -0.931. The van der Waals surface area contributed by atoms with Crippen molar-refractivity contribution in [1.82, 2.24) is 0 Å². The fourth-order valence-electron chi connectivity index (χ4n) is 1.92. The van der Waals surface area contributed by atoms with Gasteiger partial charge in [0.2, 0.25) is 0 Å². The number of carbonyl (C=O) groups excluding carboxylic acids is 1.